The zero-order valence-corrected chi connectivity index (χ0v) is 13.3. The van der Waals surface area contributed by atoms with Gasteiger partial charge in [0.1, 0.15) is 5.75 Å². The van der Waals surface area contributed by atoms with Gasteiger partial charge in [0.25, 0.3) is 5.91 Å². The van der Waals surface area contributed by atoms with Gasteiger partial charge < -0.3 is 25.3 Å². The van der Waals surface area contributed by atoms with Crippen LogP contribution in [0.15, 0.2) is 34.8 Å². The Morgan fingerprint density at radius 1 is 1.27 bits per heavy atom. The third kappa shape index (κ3) is 2.67. The SMILES string of the molecule is COc1cc(N)cc(Br)c1NC(=O)c1ccc2c(c1)OCO2. The summed E-state index contributed by atoms with van der Waals surface area (Å²) in [6.45, 7) is 0.164. The van der Waals surface area contributed by atoms with E-state index in [2.05, 4.69) is 21.2 Å². The van der Waals surface area contributed by atoms with Crippen molar-refractivity contribution < 1.29 is 19.0 Å². The number of halogens is 1. The second kappa shape index (κ2) is 5.76. The number of benzene rings is 2. The highest BCUT2D eigenvalue weighted by molar-refractivity contribution is 9.10. The molecule has 2 aromatic carbocycles. The van der Waals surface area contributed by atoms with Crippen LogP contribution in [0.4, 0.5) is 11.4 Å². The number of nitrogen functional groups attached to an aromatic ring is 1. The van der Waals surface area contributed by atoms with Crippen molar-refractivity contribution in [2.75, 3.05) is 25.0 Å². The fraction of sp³-hybridized carbons (Fsp3) is 0.133. The van der Waals surface area contributed by atoms with E-state index in [9.17, 15) is 4.79 Å². The van der Waals surface area contributed by atoms with Gasteiger partial charge in [0.15, 0.2) is 11.5 Å². The fourth-order valence-electron chi connectivity index (χ4n) is 2.11. The van der Waals surface area contributed by atoms with Crippen molar-refractivity contribution >= 4 is 33.2 Å². The maximum absolute atomic E-state index is 12.4. The van der Waals surface area contributed by atoms with E-state index < -0.39 is 0 Å². The van der Waals surface area contributed by atoms with Gasteiger partial charge in [-0.25, -0.2) is 0 Å². The van der Waals surface area contributed by atoms with Gasteiger partial charge in [0, 0.05) is 21.8 Å². The maximum atomic E-state index is 12.4. The van der Waals surface area contributed by atoms with Gasteiger partial charge in [-0.1, -0.05) is 0 Å². The standard InChI is InChI=1S/C15H13BrN2O4/c1-20-13-6-9(17)5-10(16)14(13)18-15(19)8-2-3-11-12(4-8)22-7-21-11/h2-6H,7,17H2,1H3,(H,18,19). The van der Waals surface area contributed by atoms with E-state index >= 15 is 0 Å². The molecule has 0 atom stereocenters. The molecule has 0 spiro atoms. The zero-order chi connectivity index (χ0) is 15.7. The monoisotopic (exact) mass is 364 g/mol. The van der Waals surface area contributed by atoms with Crippen molar-refractivity contribution in [3.05, 3.63) is 40.4 Å². The largest absolute Gasteiger partial charge is 0.494 e. The molecular weight excluding hydrogens is 352 g/mol. The van der Waals surface area contributed by atoms with Crippen LogP contribution in [0.1, 0.15) is 10.4 Å². The minimum absolute atomic E-state index is 0.164. The number of fused-ring (bicyclic) bond motifs is 1. The molecule has 0 unspecified atom stereocenters. The van der Waals surface area contributed by atoms with E-state index in [0.717, 1.165) is 0 Å². The van der Waals surface area contributed by atoms with Gasteiger partial charge in [-0.3, -0.25) is 4.79 Å². The smallest absolute Gasteiger partial charge is 0.255 e. The van der Waals surface area contributed by atoms with E-state index in [0.29, 0.717) is 38.7 Å². The van der Waals surface area contributed by atoms with Crippen molar-refractivity contribution in [2.24, 2.45) is 0 Å². The highest BCUT2D eigenvalue weighted by Gasteiger charge is 2.18. The van der Waals surface area contributed by atoms with Gasteiger partial charge in [-0.15, -0.1) is 0 Å². The lowest BCUT2D eigenvalue weighted by atomic mass is 10.1. The first kappa shape index (κ1) is 14.5. The predicted octanol–water partition coefficient (Wildman–Crippen LogP) is 3.02. The van der Waals surface area contributed by atoms with E-state index in [1.807, 2.05) is 0 Å². The molecule has 22 heavy (non-hydrogen) atoms. The number of ether oxygens (including phenoxy) is 3. The van der Waals surface area contributed by atoms with Crippen molar-refractivity contribution in [3.63, 3.8) is 0 Å². The molecule has 0 aromatic heterocycles. The number of hydrogen-bond acceptors (Lipinski definition) is 5. The molecule has 0 saturated heterocycles. The van der Waals surface area contributed by atoms with Crippen molar-refractivity contribution in [2.45, 2.75) is 0 Å². The van der Waals surface area contributed by atoms with Crippen LogP contribution < -0.4 is 25.3 Å². The molecule has 0 fully saturated rings. The number of nitrogens with one attached hydrogen (secondary N) is 1. The number of methoxy groups -OCH3 is 1. The summed E-state index contributed by atoms with van der Waals surface area (Å²) >= 11 is 3.37. The molecule has 0 saturated carbocycles. The van der Waals surface area contributed by atoms with Crippen LogP contribution in [0.2, 0.25) is 0 Å². The van der Waals surface area contributed by atoms with Gasteiger partial charge in [-0.2, -0.15) is 0 Å². The lowest BCUT2D eigenvalue weighted by Gasteiger charge is -2.13. The Labute approximate surface area is 135 Å². The molecule has 0 aliphatic carbocycles. The summed E-state index contributed by atoms with van der Waals surface area (Å²) in [5.74, 6) is 1.36. The first-order valence-electron chi connectivity index (χ1n) is 6.42. The number of amides is 1. The van der Waals surface area contributed by atoms with Crippen LogP contribution >= 0.6 is 15.9 Å². The summed E-state index contributed by atoms with van der Waals surface area (Å²) in [5.41, 5.74) is 7.25. The van der Waals surface area contributed by atoms with Crippen LogP contribution in [0.3, 0.4) is 0 Å². The molecule has 1 aliphatic heterocycles. The Morgan fingerprint density at radius 3 is 2.82 bits per heavy atom. The minimum Gasteiger partial charge on any atom is -0.494 e. The Kier molecular flexibility index (Phi) is 3.81. The summed E-state index contributed by atoms with van der Waals surface area (Å²) in [6, 6.07) is 8.33. The topological polar surface area (TPSA) is 82.8 Å². The van der Waals surface area contributed by atoms with E-state index in [-0.39, 0.29) is 12.7 Å². The normalized spacial score (nSPS) is 12.1. The van der Waals surface area contributed by atoms with Crippen LogP contribution in [-0.4, -0.2) is 19.8 Å². The van der Waals surface area contributed by atoms with Crippen LogP contribution in [0.5, 0.6) is 17.2 Å². The summed E-state index contributed by atoms with van der Waals surface area (Å²) in [6.07, 6.45) is 0. The summed E-state index contributed by atoms with van der Waals surface area (Å²) in [7, 11) is 1.51. The fourth-order valence-corrected chi connectivity index (χ4v) is 2.67. The third-order valence-corrected chi connectivity index (χ3v) is 3.79. The van der Waals surface area contributed by atoms with E-state index in [4.69, 9.17) is 19.9 Å². The Balaban J connectivity index is 1.89. The van der Waals surface area contributed by atoms with E-state index in [1.54, 1.807) is 30.3 Å². The number of anilines is 2. The molecule has 3 N–H and O–H groups in total. The van der Waals surface area contributed by atoms with Crippen molar-refractivity contribution in [3.8, 4) is 17.2 Å². The molecule has 1 heterocycles. The summed E-state index contributed by atoms with van der Waals surface area (Å²) in [4.78, 5) is 12.4. The van der Waals surface area contributed by atoms with Crippen LogP contribution in [-0.2, 0) is 0 Å². The zero-order valence-electron chi connectivity index (χ0n) is 11.7. The number of hydrogen-bond donors (Lipinski definition) is 2. The maximum Gasteiger partial charge on any atom is 0.255 e. The Morgan fingerprint density at radius 2 is 2.05 bits per heavy atom. The molecule has 114 valence electrons. The quantitative estimate of drug-likeness (QED) is 0.817. The molecule has 0 bridgehead atoms. The van der Waals surface area contributed by atoms with Crippen LogP contribution in [0, 0.1) is 0 Å². The van der Waals surface area contributed by atoms with E-state index in [1.165, 1.54) is 7.11 Å². The second-order valence-corrected chi connectivity index (χ2v) is 5.46. The van der Waals surface area contributed by atoms with Crippen molar-refractivity contribution in [1.29, 1.82) is 0 Å². The molecular formula is C15H13BrN2O4. The number of carbonyl (C=O) groups excluding carboxylic acids is 1. The lowest BCUT2D eigenvalue weighted by molar-refractivity contribution is 0.102. The third-order valence-electron chi connectivity index (χ3n) is 3.17. The first-order chi connectivity index (χ1) is 10.6. The number of nitrogens with two attached hydrogens (primary N) is 1. The molecule has 7 heteroatoms. The number of rotatable bonds is 3. The van der Waals surface area contributed by atoms with Gasteiger partial charge in [-0.05, 0) is 40.2 Å². The summed E-state index contributed by atoms with van der Waals surface area (Å²) in [5, 5.41) is 2.80. The first-order valence-corrected chi connectivity index (χ1v) is 7.22. The Bertz CT molecular complexity index is 749. The Hall–Kier alpha value is -2.41. The average Bonchev–Trinajstić information content (AvgIpc) is 2.96. The molecule has 6 nitrogen and oxygen atoms in total. The predicted molar refractivity (Wildman–Crippen MR) is 85.6 cm³/mol. The number of carbonyl (C=O) groups is 1. The molecule has 2 aromatic rings. The molecule has 3 rings (SSSR count). The van der Waals surface area contributed by atoms with Crippen LogP contribution in [0.25, 0.3) is 0 Å². The van der Waals surface area contributed by atoms with Crippen molar-refractivity contribution in [1.82, 2.24) is 0 Å². The highest BCUT2D eigenvalue weighted by Crippen LogP contribution is 2.36. The molecule has 1 aliphatic rings. The van der Waals surface area contributed by atoms with Gasteiger partial charge in [0.2, 0.25) is 6.79 Å². The van der Waals surface area contributed by atoms with Gasteiger partial charge in [0.05, 0.1) is 12.8 Å². The molecule has 1 amide bonds. The average molecular weight is 365 g/mol. The molecule has 0 radical (unpaired) electrons. The summed E-state index contributed by atoms with van der Waals surface area (Å²) < 4.78 is 16.4. The second-order valence-electron chi connectivity index (χ2n) is 4.60. The van der Waals surface area contributed by atoms with Gasteiger partial charge >= 0.3 is 0 Å². The lowest BCUT2D eigenvalue weighted by Crippen LogP contribution is -2.13. The highest BCUT2D eigenvalue weighted by atomic mass is 79.9. The minimum atomic E-state index is -0.290.